The lowest BCUT2D eigenvalue weighted by atomic mass is 9.92. The Labute approximate surface area is 65.7 Å². The van der Waals surface area contributed by atoms with Crippen molar-refractivity contribution in [1.82, 2.24) is 9.97 Å². The second kappa shape index (κ2) is 2.67. The number of rotatable bonds is 1. The van der Waals surface area contributed by atoms with Gasteiger partial charge >= 0.3 is 0 Å². The normalized spacial score (nSPS) is 10.6. The summed E-state index contributed by atoms with van der Waals surface area (Å²) in [5.74, 6) is 0. The Bertz CT molecular complexity index is 271. The van der Waals surface area contributed by atoms with Crippen LogP contribution >= 0.6 is 0 Å². The summed E-state index contributed by atoms with van der Waals surface area (Å²) in [7, 11) is 0. The van der Waals surface area contributed by atoms with Crippen LogP contribution in [0.2, 0.25) is 0 Å². The van der Waals surface area contributed by atoms with Crippen molar-refractivity contribution >= 4 is 0 Å². The predicted octanol–water partition coefficient (Wildman–Crippen LogP) is 1.28. The van der Waals surface area contributed by atoms with Gasteiger partial charge in [0.15, 0.2) is 0 Å². The molecule has 1 heterocycles. The van der Waals surface area contributed by atoms with Gasteiger partial charge in [0, 0.05) is 18.6 Å². The summed E-state index contributed by atoms with van der Waals surface area (Å²) in [6.45, 7) is 3.63. The molecule has 1 aromatic heterocycles. The molecule has 0 radical (unpaired) electrons. The lowest BCUT2D eigenvalue weighted by Crippen LogP contribution is -2.15. The fourth-order valence-electron chi connectivity index (χ4n) is 0.679. The van der Waals surface area contributed by atoms with Gasteiger partial charge in [-0.2, -0.15) is 5.26 Å². The summed E-state index contributed by atoms with van der Waals surface area (Å²) in [6.07, 6.45) is 4.80. The third kappa shape index (κ3) is 1.53. The van der Waals surface area contributed by atoms with Crippen LogP contribution in [0.15, 0.2) is 18.6 Å². The molecule has 56 valence electrons. The van der Waals surface area contributed by atoms with Gasteiger partial charge in [-0.25, -0.2) is 0 Å². The number of aromatic nitrogens is 2. The van der Waals surface area contributed by atoms with Gasteiger partial charge in [0.05, 0.1) is 17.2 Å². The fraction of sp³-hybridized carbons (Fsp3) is 0.375. The zero-order valence-corrected chi connectivity index (χ0v) is 6.57. The van der Waals surface area contributed by atoms with Gasteiger partial charge in [0.2, 0.25) is 0 Å². The van der Waals surface area contributed by atoms with Crippen molar-refractivity contribution in [2.45, 2.75) is 19.3 Å². The van der Waals surface area contributed by atoms with Crippen molar-refractivity contribution in [2.24, 2.45) is 0 Å². The van der Waals surface area contributed by atoms with Crippen LogP contribution in [-0.4, -0.2) is 9.97 Å². The number of hydrogen-bond acceptors (Lipinski definition) is 3. The first kappa shape index (κ1) is 7.67. The van der Waals surface area contributed by atoms with E-state index in [2.05, 4.69) is 16.0 Å². The molecule has 0 N–H and O–H groups in total. The van der Waals surface area contributed by atoms with Crippen molar-refractivity contribution in [3.63, 3.8) is 0 Å². The van der Waals surface area contributed by atoms with E-state index in [9.17, 15) is 0 Å². The minimum atomic E-state index is -0.533. The van der Waals surface area contributed by atoms with Crippen molar-refractivity contribution in [1.29, 1.82) is 5.26 Å². The summed E-state index contributed by atoms with van der Waals surface area (Å²) in [5.41, 5.74) is 0.177. The third-order valence-electron chi connectivity index (χ3n) is 1.48. The first-order chi connectivity index (χ1) is 5.17. The van der Waals surface area contributed by atoms with E-state index in [0.29, 0.717) is 5.69 Å². The summed E-state index contributed by atoms with van der Waals surface area (Å²) in [6, 6.07) is 2.16. The average Bonchev–Trinajstić information content (AvgIpc) is 2.06. The largest absolute Gasteiger partial charge is 0.261 e. The molecule has 3 heteroatoms. The molecular weight excluding hydrogens is 138 g/mol. The van der Waals surface area contributed by atoms with Crippen LogP contribution in [-0.2, 0) is 5.41 Å². The zero-order chi connectivity index (χ0) is 8.32. The molecule has 3 nitrogen and oxygen atoms in total. The van der Waals surface area contributed by atoms with Crippen molar-refractivity contribution in [3.8, 4) is 6.07 Å². The van der Waals surface area contributed by atoms with Gasteiger partial charge in [-0.1, -0.05) is 0 Å². The van der Waals surface area contributed by atoms with Crippen LogP contribution in [0.4, 0.5) is 0 Å². The van der Waals surface area contributed by atoms with Crippen molar-refractivity contribution in [2.75, 3.05) is 0 Å². The van der Waals surface area contributed by atoms with Gasteiger partial charge in [-0.3, -0.25) is 9.97 Å². The molecule has 0 aliphatic heterocycles. The Morgan fingerprint density at radius 3 is 2.64 bits per heavy atom. The Kier molecular flexibility index (Phi) is 1.86. The van der Waals surface area contributed by atoms with Gasteiger partial charge < -0.3 is 0 Å². The van der Waals surface area contributed by atoms with Gasteiger partial charge in [0.1, 0.15) is 0 Å². The van der Waals surface area contributed by atoms with Crippen LogP contribution in [0.5, 0.6) is 0 Å². The maximum atomic E-state index is 8.73. The summed E-state index contributed by atoms with van der Waals surface area (Å²) < 4.78 is 0. The van der Waals surface area contributed by atoms with Crippen molar-refractivity contribution < 1.29 is 0 Å². The molecule has 0 saturated carbocycles. The topological polar surface area (TPSA) is 49.6 Å². The molecule has 0 fully saturated rings. The first-order valence-electron chi connectivity index (χ1n) is 3.34. The Balaban J connectivity index is 3.05. The second-order valence-corrected chi connectivity index (χ2v) is 2.83. The van der Waals surface area contributed by atoms with E-state index in [1.54, 1.807) is 18.6 Å². The molecule has 1 aromatic rings. The minimum Gasteiger partial charge on any atom is -0.261 e. The fourth-order valence-corrected chi connectivity index (χ4v) is 0.679. The maximum absolute atomic E-state index is 8.73. The minimum absolute atomic E-state index is 0.533. The average molecular weight is 147 g/mol. The summed E-state index contributed by atoms with van der Waals surface area (Å²) >= 11 is 0. The van der Waals surface area contributed by atoms with E-state index in [1.165, 1.54) is 0 Å². The Hall–Kier alpha value is -1.43. The van der Waals surface area contributed by atoms with Gasteiger partial charge in [0.25, 0.3) is 0 Å². The second-order valence-electron chi connectivity index (χ2n) is 2.83. The van der Waals surface area contributed by atoms with E-state index in [-0.39, 0.29) is 0 Å². The van der Waals surface area contributed by atoms with E-state index in [0.717, 1.165) is 0 Å². The third-order valence-corrected chi connectivity index (χ3v) is 1.48. The quantitative estimate of drug-likeness (QED) is 0.601. The molecule has 0 bridgehead atoms. The highest BCUT2D eigenvalue weighted by Gasteiger charge is 2.20. The van der Waals surface area contributed by atoms with E-state index in [1.807, 2.05) is 13.8 Å². The number of nitrogens with zero attached hydrogens (tertiary/aromatic N) is 3. The molecule has 0 aliphatic rings. The molecule has 0 amide bonds. The van der Waals surface area contributed by atoms with Gasteiger partial charge in [-0.15, -0.1) is 0 Å². The maximum Gasteiger partial charge on any atom is 0.0952 e. The molecule has 0 unspecified atom stereocenters. The van der Waals surface area contributed by atoms with Crippen LogP contribution < -0.4 is 0 Å². The predicted molar refractivity (Wildman–Crippen MR) is 40.7 cm³/mol. The van der Waals surface area contributed by atoms with E-state index < -0.39 is 5.41 Å². The highest BCUT2D eigenvalue weighted by molar-refractivity contribution is 5.19. The lowest BCUT2D eigenvalue weighted by molar-refractivity contribution is 0.654. The summed E-state index contributed by atoms with van der Waals surface area (Å²) in [4.78, 5) is 7.92. The van der Waals surface area contributed by atoms with E-state index >= 15 is 0 Å². The SMILES string of the molecule is CC(C)(C#N)c1cnccn1. The zero-order valence-electron chi connectivity index (χ0n) is 6.57. The first-order valence-corrected chi connectivity index (χ1v) is 3.34. The standard InChI is InChI=1S/C8H9N3/c1-8(2,6-9)7-5-10-3-4-11-7/h3-5H,1-2H3. The lowest BCUT2D eigenvalue weighted by Gasteiger charge is -2.12. The van der Waals surface area contributed by atoms with Crippen LogP contribution in [0.1, 0.15) is 19.5 Å². The molecule has 0 aliphatic carbocycles. The Morgan fingerprint density at radius 1 is 1.45 bits per heavy atom. The highest BCUT2D eigenvalue weighted by Crippen LogP contribution is 2.17. The molecule has 0 saturated heterocycles. The number of hydrogen-bond donors (Lipinski definition) is 0. The molecule has 0 atom stereocenters. The van der Waals surface area contributed by atoms with Gasteiger partial charge in [-0.05, 0) is 13.8 Å². The molecule has 0 aromatic carbocycles. The van der Waals surface area contributed by atoms with E-state index in [4.69, 9.17) is 5.26 Å². The molecule has 11 heavy (non-hydrogen) atoms. The van der Waals surface area contributed by atoms with Crippen LogP contribution in [0.25, 0.3) is 0 Å². The molecule has 0 spiro atoms. The highest BCUT2D eigenvalue weighted by atomic mass is 14.8. The van der Waals surface area contributed by atoms with Crippen molar-refractivity contribution in [3.05, 3.63) is 24.3 Å². The van der Waals surface area contributed by atoms with Crippen LogP contribution in [0.3, 0.4) is 0 Å². The monoisotopic (exact) mass is 147 g/mol. The van der Waals surface area contributed by atoms with Crippen LogP contribution in [0, 0.1) is 11.3 Å². The summed E-state index contributed by atoms with van der Waals surface area (Å²) in [5, 5.41) is 8.73. The Morgan fingerprint density at radius 2 is 2.18 bits per heavy atom. The smallest absolute Gasteiger partial charge is 0.0952 e. The number of nitriles is 1. The molecular formula is C8H9N3. The molecule has 1 rings (SSSR count).